The number of hydrogen-bond donors (Lipinski definition) is 2. The first-order valence-corrected chi connectivity index (χ1v) is 6.47. The van der Waals surface area contributed by atoms with Crippen LogP contribution in [0.2, 0.25) is 0 Å². The van der Waals surface area contributed by atoms with E-state index < -0.39 is 12.0 Å². The topological polar surface area (TPSA) is 72.6 Å². The van der Waals surface area contributed by atoms with Crippen molar-refractivity contribution in [2.24, 2.45) is 5.73 Å². The van der Waals surface area contributed by atoms with Gasteiger partial charge in [-0.2, -0.15) is 0 Å². The third-order valence-corrected chi connectivity index (χ3v) is 4.75. The van der Waals surface area contributed by atoms with Gasteiger partial charge < -0.3 is 15.6 Å². The highest BCUT2D eigenvalue weighted by molar-refractivity contribution is 8.77. The first-order valence-electron chi connectivity index (χ1n) is 4.15. The average molecular weight is 235 g/mol. The normalized spacial score (nSPS) is 27.3. The zero-order valence-electron chi connectivity index (χ0n) is 7.80. The zero-order chi connectivity index (χ0) is 10.6. The van der Waals surface area contributed by atoms with Gasteiger partial charge in [0.2, 0.25) is 0 Å². The van der Waals surface area contributed by atoms with Crippen LogP contribution in [-0.4, -0.2) is 27.8 Å². The molecule has 0 aliphatic carbocycles. The first-order chi connectivity index (χ1) is 6.53. The summed E-state index contributed by atoms with van der Waals surface area (Å²) in [5.74, 6) is -0.576. The molecule has 1 aliphatic heterocycles. The van der Waals surface area contributed by atoms with Gasteiger partial charge in [-0.25, -0.2) is 0 Å². The number of nitrogens with two attached hydrogens (primary N) is 1. The van der Waals surface area contributed by atoms with Crippen LogP contribution in [0, 0.1) is 0 Å². The molecule has 6 heteroatoms. The Morgan fingerprint density at radius 2 is 2.57 bits per heavy atom. The maximum absolute atomic E-state index is 10.4. The fourth-order valence-corrected chi connectivity index (χ4v) is 3.44. The van der Waals surface area contributed by atoms with Crippen LogP contribution >= 0.6 is 21.6 Å². The average Bonchev–Trinajstić information content (AvgIpc) is 2.52. The van der Waals surface area contributed by atoms with Gasteiger partial charge in [-0.1, -0.05) is 10.8 Å². The van der Waals surface area contributed by atoms with Gasteiger partial charge in [-0.3, -0.25) is 4.79 Å². The van der Waals surface area contributed by atoms with Gasteiger partial charge in [0.15, 0.2) is 4.93 Å². The van der Waals surface area contributed by atoms with Crippen LogP contribution in [0.4, 0.5) is 0 Å². The highest BCUT2D eigenvalue weighted by Crippen LogP contribution is 2.42. The van der Waals surface area contributed by atoms with Gasteiger partial charge >= 0.3 is 5.97 Å². The minimum Gasteiger partial charge on any atom is -0.484 e. The molecule has 3 N–H and O–H groups in total. The molecule has 0 aromatic rings. The van der Waals surface area contributed by atoms with Gasteiger partial charge in [0.05, 0.1) is 6.26 Å². The summed E-state index contributed by atoms with van der Waals surface area (Å²) in [7, 11) is 2.95. The second-order valence-corrected chi connectivity index (χ2v) is 5.95. The number of carboxylic acids is 1. The lowest BCUT2D eigenvalue weighted by Crippen LogP contribution is -2.32. The molecule has 0 saturated heterocycles. The van der Waals surface area contributed by atoms with E-state index in [0.29, 0.717) is 5.75 Å². The predicted octanol–water partition coefficient (Wildman–Crippen LogP) is 1.43. The summed E-state index contributed by atoms with van der Waals surface area (Å²) in [6, 6.07) is -0.800. The zero-order valence-corrected chi connectivity index (χ0v) is 9.44. The second-order valence-electron chi connectivity index (χ2n) is 3.14. The Hall–Kier alpha value is -0.330. The van der Waals surface area contributed by atoms with Crippen molar-refractivity contribution in [3.63, 3.8) is 0 Å². The van der Waals surface area contributed by atoms with Crippen molar-refractivity contribution in [1.29, 1.82) is 0 Å². The van der Waals surface area contributed by atoms with Gasteiger partial charge in [0.1, 0.15) is 6.04 Å². The summed E-state index contributed by atoms with van der Waals surface area (Å²) >= 11 is 0. The molecule has 4 nitrogen and oxygen atoms in total. The van der Waals surface area contributed by atoms with Crippen molar-refractivity contribution in [3.05, 3.63) is 12.3 Å². The highest BCUT2D eigenvalue weighted by Gasteiger charge is 2.28. The van der Waals surface area contributed by atoms with Crippen molar-refractivity contribution in [3.8, 4) is 0 Å². The van der Waals surface area contributed by atoms with Crippen molar-refractivity contribution in [1.82, 2.24) is 0 Å². The fourth-order valence-electron chi connectivity index (χ4n) is 0.859. The van der Waals surface area contributed by atoms with E-state index >= 15 is 0 Å². The standard InChI is InChI=1S/C8H13NO3S2/c1-8(3-2-4-12-8)14-13-5-6(9)7(10)11/h2,4,6H,3,5,9H2,1H3,(H,10,11)/t6-,8?/m0/s1. The Morgan fingerprint density at radius 1 is 1.86 bits per heavy atom. The molecule has 1 heterocycles. The van der Waals surface area contributed by atoms with E-state index in [9.17, 15) is 4.79 Å². The molecule has 14 heavy (non-hydrogen) atoms. The number of hydrogen-bond acceptors (Lipinski definition) is 5. The Morgan fingerprint density at radius 3 is 3.07 bits per heavy atom. The smallest absolute Gasteiger partial charge is 0.321 e. The van der Waals surface area contributed by atoms with E-state index in [2.05, 4.69) is 0 Å². The van der Waals surface area contributed by atoms with Crippen LogP contribution in [0.15, 0.2) is 12.3 Å². The van der Waals surface area contributed by atoms with Gasteiger partial charge in [0, 0.05) is 12.2 Å². The number of aliphatic carboxylic acids is 1. The SMILES string of the molecule is CC1(SSC[C@H](N)C(=O)O)CC=CO1. The fraction of sp³-hybridized carbons (Fsp3) is 0.625. The van der Waals surface area contributed by atoms with Crippen LogP contribution in [0.25, 0.3) is 0 Å². The molecule has 0 aromatic heterocycles. The van der Waals surface area contributed by atoms with Crippen LogP contribution in [0.5, 0.6) is 0 Å². The number of ether oxygens (including phenoxy) is 1. The third-order valence-electron chi connectivity index (χ3n) is 1.70. The van der Waals surface area contributed by atoms with Crippen LogP contribution in [-0.2, 0) is 9.53 Å². The van der Waals surface area contributed by atoms with E-state index in [0.717, 1.165) is 6.42 Å². The maximum Gasteiger partial charge on any atom is 0.321 e. The lowest BCUT2D eigenvalue weighted by Gasteiger charge is -2.22. The summed E-state index contributed by atoms with van der Waals surface area (Å²) in [5, 5.41) is 8.55. The second kappa shape index (κ2) is 4.95. The summed E-state index contributed by atoms with van der Waals surface area (Å²) in [4.78, 5) is 10.2. The molecule has 80 valence electrons. The summed E-state index contributed by atoms with van der Waals surface area (Å²) in [6.45, 7) is 1.97. The predicted molar refractivity (Wildman–Crippen MR) is 58.9 cm³/mol. The summed E-state index contributed by atoms with van der Waals surface area (Å²) < 4.78 is 5.36. The molecule has 0 fully saturated rings. The Kier molecular flexibility index (Phi) is 4.15. The molecule has 0 aromatic carbocycles. The molecule has 1 unspecified atom stereocenters. The van der Waals surface area contributed by atoms with Gasteiger partial charge in [-0.05, 0) is 23.8 Å². The number of rotatable bonds is 5. The molecular formula is C8H13NO3S2. The van der Waals surface area contributed by atoms with Crippen LogP contribution in [0.1, 0.15) is 13.3 Å². The van der Waals surface area contributed by atoms with E-state index in [-0.39, 0.29) is 4.93 Å². The van der Waals surface area contributed by atoms with Crippen LogP contribution < -0.4 is 5.73 Å². The largest absolute Gasteiger partial charge is 0.484 e. The molecule has 0 amide bonds. The van der Waals surface area contributed by atoms with Crippen molar-refractivity contribution in [2.45, 2.75) is 24.3 Å². The van der Waals surface area contributed by atoms with Crippen molar-refractivity contribution < 1.29 is 14.6 Å². The first kappa shape index (κ1) is 11.7. The molecular weight excluding hydrogens is 222 g/mol. The van der Waals surface area contributed by atoms with Crippen molar-refractivity contribution in [2.75, 3.05) is 5.75 Å². The lowest BCUT2D eigenvalue weighted by atomic mass is 10.3. The summed E-state index contributed by atoms with van der Waals surface area (Å²) in [6.07, 6.45) is 4.46. The van der Waals surface area contributed by atoms with E-state index in [4.69, 9.17) is 15.6 Å². The third kappa shape index (κ3) is 3.43. The van der Waals surface area contributed by atoms with E-state index in [1.54, 1.807) is 6.26 Å². The highest BCUT2D eigenvalue weighted by atomic mass is 33.1. The molecule has 0 bridgehead atoms. The Labute approximate surface area is 90.7 Å². The van der Waals surface area contributed by atoms with Gasteiger partial charge in [-0.15, -0.1) is 0 Å². The van der Waals surface area contributed by atoms with E-state index in [1.807, 2.05) is 13.0 Å². The minimum atomic E-state index is -0.964. The lowest BCUT2D eigenvalue weighted by molar-refractivity contribution is -0.137. The molecule has 1 aliphatic rings. The monoisotopic (exact) mass is 235 g/mol. The molecule has 0 radical (unpaired) electrons. The molecule has 0 saturated carbocycles. The summed E-state index contributed by atoms with van der Waals surface area (Å²) in [5.41, 5.74) is 5.35. The molecule has 2 atom stereocenters. The Balaban J connectivity index is 2.18. The van der Waals surface area contributed by atoms with Crippen LogP contribution in [0.3, 0.4) is 0 Å². The van der Waals surface area contributed by atoms with Crippen molar-refractivity contribution >= 4 is 27.6 Å². The quantitative estimate of drug-likeness (QED) is 0.702. The number of carbonyl (C=O) groups is 1. The van der Waals surface area contributed by atoms with Gasteiger partial charge in [0.25, 0.3) is 0 Å². The minimum absolute atomic E-state index is 0.261. The Bertz CT molecular complexity index is 237. The maximum atomic E-state index is 10.4. The van der Waals surface area contributed by atoms with E-state index in [1.165, 1.54) is 21.6 Å². The molecule has 1 rings (SSSR count). The molecule has 0 spiro atoms. The number of carboxylic acid groups (broad SMARTS) is 1.